The lowest BCUT2D eigenvalue weighted by Crippen LogP contribution is -1.99. The summed E-state index contributed by atoms with van der Waals surface area (Å²) >= 11 is 0. The molecule has 2 aromatic heterocycles. The summed E-state index contributed by atoms with van der Waals surface area (Å²) in [7, 11) is 1.70. The fraction of sp³-hybridized carbons (Fsp3) is 0.0345. The molecule has 0 amide bonds. The zero-order valence-corrected chi connectivity index (χ0v) is 18.0. The van der Waals surface area contributed by atoms with Crippen molar-refractivity contribution in [1.29, 1.82) is 0 Å². The highest BCUT2D eigenvalue weighted by atomic mass is 16.5. The summed E-state index contributed by atoms with van der Waals surface area (Å²) in [6.45, 7) is 0. The first kappa shape index (κ1) is 18.2. The minimum absolute atomic E-state index is 0.816. The van der Waals surface area contributed by atoms with Gasteiger partial charge in [0.1, 0.15) is 11.4 Å². The number of hydrogen-bond donors (Lipinski definition) is 0. The molecule has 4 aromatic carbocycles. The van der Waals surface area contributed by atoms with Crippen LogP contribution in [0.2, 0.25) is 0 Å². The highest BCUT2D eigenvalue weighted by molar-refractivity contribution is 6.18. The molecule has 7 rings (SSSR count). The normalized spacial score (nSPS) is 11.8. The summed E-state index contributed by atoms with van der Waals surface area (Å²) in [4.78, 5) is 5.13. The summed E-state index contributed by atoms with van der Waals surface area (Å²) in [5, 5.41) is 7.30. The third-order valence-corrected chi connectivity index (χ3v) is 6.48. The van der Waals surface area contributed by atoms with Crippen LogP contribution in [0.3, 0.4) is 0 Å². The van der Waals surface area contributed by atoms with Crippen molar-refractivity contribution in [2.75, 3.05) is 7.11 Å². The lowest BCUT2D eigenvalue weighted by atomic mass is 9.92. The minimum Gasteiger partial charge on any atom is -0.497 e. The molecule has 156 valence electrons. The predicted molar refractivity (Wildman–Crippen MR) is 133 cm³/mol. The van der Waals surface area contributed by atoms with Crippen LogP contribution in [0.25, 0.3) is 61.1 Å². The monoisotopic (exact) mass is 425 g/mol. The van der Waals surface area contributed by atoms with Gasteiger partial charge in [0, 0.05) is 16.5 Å². The highest BCUT2D eigenvalue weighted by Gasteiger charge is 2.28. The molecule has 0 saturated heterocycles. The molecule has 4 heteroatoms. The van der Waals surface area contributed by atoms with E-state index in [2.05, 4.69) is 66.7 Å². The molecule has 0 aliphatic heterocycles. The fourth-order valence-corrected chi connectivity index (χ4v) is 5.01. The van der Waals surface area contributed by atoms with Gasteiger partial charge in [-0.15, -0.1) is 0 Å². The van der Waals surface area contributed by atoms with E-state index in [1.54, 1.807) is 7.11 Å². The molecular weight excluding hydrogens is 406 g/mol. The zero-order chi connectivity index (χ0) is 21.9. The largest absolute Gasteiger partial charge is 0.497 e. The van der Waals surface area contributed by atoms with E-state index in [1.807, 2.05) is 35.0 Å². The SMILES string of the molecule is COc1ccc2nc3c4c(nn3-c3ccccc3)-c3ccccc3-c3ccccc3-c4c2c1. The summed E-state index contributed by atoms with van der Waals surface area (Å²) in [5.41, 5.74) is 9.55. The van der Waals surface area contributed by atoms with Crippen molar-refractivity contribution in [3.63, 3.8) is 0 Å². The van der Waals surface area contributed by atoms with E-state index in [-0.39, 0.29) is 0 Å². The number of pyridine rings is 1. The van der Waals surface area contributed by atoms with E-state index >= 15 is 0 Å². The van der Waals surface area contributed by atoms with Crippen molar-refractivity contribution in [2.45, 2.75) is 0 Å². The molecule has 0 N–H and O–H groups in total. The van der Waals surface area contributed by atoms with Gasteiger partial charge in [-0.3, -0.25) is 0 Å². The van der Waals surface area contributed by atoms with Crippen molar-refractivity contribution in [1.82, 2.24) is 14.8 Å². The molecule has 33 heavy (non-hydrogen) atoms. The van der Waals surface area contributed by atoms with Crippen LogP contribution in [0.15, 0.2) is 97.1 Å². The zero-order valence-electron chi connectivity index (χ0n) is 18.0. The Morgan fingerprint density at radius 3 is 2.12 bits per heavy atom. The molecule has 1 aliphatic rings. The number of fused-ring (bicyclic) bond motifs is 7. The van der Waals surface area contributed by atoms with E-state index in [1.165, 1.54) is 16.7 Å². The van der Waals surface area contributed by atoms with Crippen LogP contribution in [0.1, 0.15) is 0 Å². The van der Waals surface area contributed by atoms with Crippen molar-refractivity contribution in [3.05, 3.63) is 97.1 Å². The van der Waals surface area contributed by atoms with Gasteiger partial charge < -0.3 is 4.74 Å². The van der Waals surface area contributed by atoms with Gasteiger partial charge in [0.2, 0.25) is 0 Å². The van der Waals surface area contributed by atoms with Crippen molar-refractivity contribution < 1.29 is 4.74 Å². The summed E-state index contributed by atoms with van der Waals surface area (Å²) in [6, 6.07) is 33.4. The Morgan fingerprint density at radius 2 is 1.36 bits per heavy atom. The van der Waals surface area contributed by atoms with Gasteiger partial charge in [-0.25, -0.2) is 9.67 Å². The lowest BCUT2D eigenvalue weighted by Gasteiger charge is -2.14. The van der Waals surface area contributed by atoms with Crippen molar-refractivity contribution >= 4 is 21.9 Å². The molecule has 0 fully saturated rings. The second-order valence-electron chi connectivity index (χ2n) is 8.26. The van der Waals surface area contributed by atoms with Crippen LogP contribution in [0.5, 0.6) is 5.75 Å². The first-order chi connectivity index (χ1) is 16.3. The number of hydrogen-bond acceptors (Lipinski definition) is 3. The number of benzene rings is 4. The van der Waals surface area contributed by atoms with Crippen LogP contribution in [-0.4, -0.2) is 21.9 Å². The average Bonchev–Trinajstić information content (AvgIpc) is 3.20. The standard InChI is InChI=1S/C29H19N3O/c1-33-19-15-16-25-24(17-19)26-22-13-7-5-11-20(22)21-12-6-8-14-23(21)28-27(26)29(30-25)32(31-28)18-9-3-2-4-10-18/h2-17H,1H3. The maximum Gasteiger partial charge on any atom is 0.164 e. The van der Waals surface area contributed by atoms with E-state index < -0.39 is 0 Å². The average molecular weight is 425 g/mol. The quantitative estimate of drug-likeness (QED) is 0.303. The maximum atomic E-state index is 5.59. The second kappa shape index (κ2) is 6.78. The number of methoxy groups -OCH3 is 1. The van der Waals surface area contributed by atoms with Crippen LogP contribution in [0.4, 0.5) is 0 Å². The van der Waals surface area contributed by atoms with E-state index in [9.17, 15) is 0 Å². The van der Waals surface area contributed by atoms with Gasteiger partial charge in [-0.1, -0.05) is 66.7 Å². The first-order valence-electron chi connectivity index (χ1n) is 11.0. The van der Waals surface area contributed by atoms with Gasteiger partial charge in [-0.2, -0.15) is 5.10 Å². The molecular formula is C29H19N3O. The predicted octanol–water partition coefficient (Wildman–Crippen LogP) is 6.90. The molecule has 0 atom stereocenters. The molecule has 0 unspecified atom stereocenters. The van der Waals surface area contributed by atoms with Crippen LogP contribution < -0.4 is 4.74 Å². The van der Waals surface area contributed by atoms with Crippen molar-refractivity contribution in [2.24, 2.45) is 0 Å². The van der Waals surface area contributed by atoms with E-state index in [0.29, 0.717) is 0 Å². The number of aromatic nitrogens is 3. The molecule has 0 saturated carbocycles. The third-order valence-electron chi connectivity index (χ3n) is 6.48. The molecule has 1 aliphatic carbocycles. The minimum atomic E-state index is 0.816. The molecule has 2 heterocycles. The second-order valence-corrected chi connectivity index (χ2v) is 8.26. The molecule has 6 aromatic rings. The number of para-hydroxylation sites is 1. The molecule has 0 radical (unpaired) electrons. The highest BCUT2D eigenvalue weighted by Crippen LogP contribution is 2.49. The fourth-order valence-electron chi connectivity index (χ4n) is 5.01. The van der Waals surface area contributed by atoms with Crippen LogP contribution >= 0.6 is 0 Å². The first-order valence-corrected chi connectivity index (χ1v) is 11.0. The van der Waals surface area contributed by atoms with Gasteiger partial charge in [0.25, 0.3) is 0 Å². The molecule has 0 bridgehead atoms. The number of rotatable bonds is 2. The Kier molecular flexibility index (Phi) is 3.73. The number of ether oxygens (including phenoxy) is 1. The van der Waals surface area contributed by atoms with Gasteiger partial charge in [0.15, 0.2) is 5.65 Å². The Balaban J connectivity index is 1.76. The van der Waals surface area contributed by atoms with Gasteiger partial charge in [-0.05, 0) is 47.0 Å². The Morgan fingerprint density at radius 1 is 0.697 bits per heavy atom. The summed E-state index contributed by atoms with van der Waals surface area (Å²) in [5.74, 6) is 0.816. The summed E-state index contributed by atoms with van der Waals surface area (Å²) in [6.07, 6.45) is 0. The Hall–Kier alpha value is -4.44. The maximum absolute atomic E-state index is 5.59. The van der Waals surface area contributed by atoms with Crippen molar-refractivity contribution in [3.8, 4) is 44.9 Å². The van der Waals surface area contributed by atoms with Crippen LogP contribution in [-0.2, 0) is 0 Å². The summed E-state index contributed by atoms with van der Waals surface area (Å²) < 4.78 is 7.56. The van der Waals surface area contributed by atoms with Gasteiger partial charge in [0.05, 0.1) is 23.7 Å². The number of nitrogens with zero attached hydrogens (tertiary/aromatic N) is 3. The Labute approximate surface area is 190 Å². The van der Waals surface area contributed by atoms with E-state index in [0.717, 1.165) is 50.2 Å². The van der Waals surface area contributed by atoms with E-state index in [4.69, 9.17) is 14.8 Å². The van der Waals surface area contributed by atoms with Gasteiger partial charge >= 0.3 is 0 Å². The third kappa shape index (κ3) is 2.52. The smallest absolute Gasteiger partial charge is 0.164 e. The molecule has 0 spiro atoms. The van der Waals surface area contributed by atoms with Crippen LogP contribution in [0, 0.1) is 0 Å². The Bertz CT molecular complexity index is 1700. The topological polar surface area (TPSA) is 39.9 Å². The molecule has 4 nitrogen and oxygen atoms in total. The lowest BCUT2D eigenvalue weighted by molar-refractivity contribution is 0.415.